The Morgan fingerprint density at radius 2 is 1.95 bits per heavy atom. The fourth-order valence-corrected chi connectivity index (χ4v) is 1.78. The van der Waals surface area contributed by atoms with Gasteiger partial charge in [-0.3, -0.25) is 0 Å². The predicted octanol–water partition coefficient (Wildman–Crippen LogP) is 3.42. The van der Waals surface area contributed by atoms with E-state index in [4.69, 9.17) is 15.9 Å². The number of hydrogen-bond acceptors (Lipinski definition) is 3. The first-order valence-electron chi connectivity index (χ1n) is 7.31. The van der Waals surface area contributed by atoms with Crippen molar-refractivity contribution in [3.63, 3.8) is 0 Å². The summed E-state index contributed by atoms with van der Waals surface area (Å²) in [6.07, 6.45) is 8.57. The summed E-state index contributed by atoms with van der Waals surface area (Å²) < 4.78 is 11.0. The summed E-state index contributed by atoms with van der Waals surface area (Å²) in [5.41, 5.74) is 1.13. The molecule has 0 amide bonds. The molecule has 0 aliphatic heterocycles. The van der Waals surface area contributed by atoms with Crippen LogP contribution < -0.4 is 10.1 Å². The van der Waals surface area contributed by atoms with Crippen LogP contribution in [0.2, 0.25) is 0 Å². The van der Waals surface area contributed by atoms with Gasteiger partial charge in [0.2, 0.25) is 0 Å². The van der Waals surface area contributed by atoms with Gasteiger partial charge in [0.1, 0.15) is 12.4 Å². The smallest absolute Gasteiger partial charge is 0.148 e. The number of rotatable bonds is 11. The van der Waals surface area contributed by atoms with Crippen molar-refractivity contribution in [2.45, 2.75) is 32.7 Å². The third kappa shape index (κ3) is 9.36. The molecule has 1 aromatic carbocycles. The second kappa shape index (κ2) is 13.8. The molecule has 118 valence electrons. The van der Waals surface area contributed by atoms with Crippen LogP contribution in [0.3, 0.4) is 0 Å². The Morgan fingerprint density at radius 1 is 1.19 bits per heavy atom. The Bertz CT molecular complexity index is 404. The fourth-order valence-electron chi connectivity index (χ4n) is 1.78. The average Bonchev–Trinajstić information content (AvgIpc) is 2.49. The second-order valence-electron chi connectivity index (χ2n) is 4.60. The first-order chi connectivity index (χ1) is 9.88. The van der Waals surface area contributed by atoms with Crippen molar-refractivity contribution >= 4 is 12.4 Å². The van der Waals surface area contributed by atoms with Crippen molar-refractivity contribution in [2.24, 2.45) is 0 Å². The molecule has 21 heavy (non-hydrogen) atoms. The van der Waals surface area contributed by atoms with E-state index in [0.717, 1.165) is 50.5 Å². The van der Waals surface area contributed by atoms with Crippen molar-refractivity contribution in [3.8, 4) is 18.1 Å². The normalized spacial score (nSPS) is 9.71. The summed E-state index contributed by atoms with van der Waals surface area (Å²) in [4.78, 5) is 0. The van der Waals surface area contributed by atoms with Crippen molar-refractivity contribution in [1.82, 2.24) is 5.32 Å². The van der Waals surface area contributed by atoms with E-state index >= 15 is 0 Å². The minimum atomic E-state index is 0. The summed E-state index contributed by atoms with van der Waals surface area (Å²) in [6.45, 7) is 5.90. The quantitative estimate of drug-likeness (QED) is 0.502. The van der Waals surface area contributed by atoms with Gasteiger partial charge in [0.05, 0.1) is 0 Å². The molecule has 0 atom stereocenters. The highest BCUT2D eigenvalue weighted by molar-refractivity contribution is 5.85. The van der Waals surface area contributed by atoms with Crippen LogP contribution in [0.15, 0.2) is 24.3 Å². The maximum atomic E-state index is 5.52. The molecule has 0 radical (unpaired) electrons. The van der Waals surface area contributed by atoms with Gasteiger partial charge >= 0.3 is 0 Å². The Labute approximate surface area is 134 Å². The molecule has 1 N–H and O–H groups in total. The van der Waals surface area contributed by atoms with Gasteiger partial charge in [0.15, 0.2) is 0 Å². The first kappa shape index (κ1) is 19.8. The minimum Gasteiger partial charge on any atom is -0.481 e. The molecule has 1 aromatic rings. The molecule has 0 saturated heterocycles. The van der Waals surface area contributed by atoms with E-state index in [1.54, 1.807) is 0 Å². The van der Waals surface area contributed by atoms with Crippen LogP contribution in [-0.2, 0) is 11.3 Å². The number of para-hydroxylation sites is 1. The number of terminal acetylenes is 1. The molecule has 4 heteroatoms. The molecule has 0 heterocycles. The Morgan fingerprint density at radius 3 is 2.71 bits per heavy atom. The van der Waals surface area contributed by atoms with E-state index in [1.807, 2.05) is 18.2 Å². The molecule has 0 saturated carbocycles. The summed E-state index contributed by atoms with van der Waals surface area (Å²) in [5.74, 6) is 3.34. The maximum Gasteiger partial charge on any atom is 0.148 e. The lowest BCUT2D eigenvalue weighted by Gasteiger charge is -2.10. The highest BCUT2D eigenvalue weighted by Crippen LogP contribution is 2.17. The molecular weight excluding hydrogens is 286 g/mol. The lowest BCUT2D eigenvalue weighted by atomic mass is 10.2. The van der Waals surface area contributed by atoms with Crippen molar-refractivity contribution < 1.29 is 9.47 Å². The van der Waals surface area contributed by atoms with Gasteiger partial charge in [0, 0.05) is 25.3 Å². The molecule has 0 spiro atoms. The van der Waals surface area contributed by atoms with Gasteiger partial charge < -0.3 is 14.8 Å². The van der Waals surface area contributed by atoms with Gasteiger partial charge in [-0.15, -0.1) is 18.8 Å². The number of nitrogens with one attached hydrogen (secondary N) is 1. The standard InChI is InChI=1S/C17H25NO2.ClH/c1-3-5-13-19-14-8-11-18-15-16-9-6-7-10-17(16)20-12-4-2;/h2,6-7,9-10,18H,3,5,8,11-15H2,1H3;1H. The molecule has 1 rings (SSSR count). The summed E-state index contributed by atoms with van der Waals surface area (Å²) >= 11 is 0. The van der Waals surface area contributed by atoms with Crippen molar-refractivity contribution in [3.05, 3.63) is 29.8 Å². The Hall–Kier alpha value is -1.21. The highest BCUT2D eigenvalue weighted by Gasteiger charge is 2.01. The molecule has 0 aliphatic carbocycles. The Kier molecular flexibility index (Phi) is 13.0. The monoisotopic (exact) mass is 311 g/mol. The largest absolute Gasteiger partial charge is 0.481 e. The fraction of sp³-hybridized carbons (Fsp3) is 0.529. The topological polar surface area (TPSA) is 30.5 Å². The van der Waals surface area contributed by atoms with Gasteiger partial charge in [-0.25, -0.2) is 0 Å². The minimum absolute atomic E-state index is 0. The predicted molar refractivity (Wildman–Crippen MR) is 90.1 cm³/mol. The number of ether oxygens (including phenoxy) is 2. The van der Waals surface area contributed by atoms with Crippen LogP contribution in [0, 0.1) is 12.3 Å². The van der Waals surface area contributed by atoms with E-state index in [9.17, 15) is 0 Å². The van der Waals surface area contributed by atoms with Crippen molar-refractivity contribution in [2.75, 3.05) is 26.4 Å². The number of benzene rings is 1. The highest BCUT2D eigenvalue weighted by atomic mass is 35.5. The zero-order valence-electron chi connectivity index (χ0n) is 12.8. The third-order valence-electron chi connectivity index (χ3n) is 2.88. The maximum absolute atomic E-state index is 5.52. The molecule has 0 bridgehead atoms. The van der Waals surface area contributed by atoms with E-state index in [-0.39, 0.29) is 12.4 Å². The van der Waals surface area contributed by atoms with Crippen LogP contribution in [-0.4, -0.2) is 26.4 Å². The van der Waals surface area contributed by atoms with Crippen LogP contribution in [0.1, 0.15) is 31.7 Å². The average molecular weight is 312 g/mol. The van der Waals surface area contributed by atoms with Crippen LogP contribution in [0.4, 0.5) is 0 Å². The second-order valence-corrected chi connectivity index (χ2v) is 4.60. The van der Waals surface area contributed by atoms with Gasteiger partial charge in [-0.1, -0.05) is 37.5 Å². The van der Waals surface area contributed by atoms with Gasteiger partial charge in [-0.05, 0) is 25.5 Å². The number of hydrogen-bond donors (Lipinski definition) is 1. The molecule has 3 nitrogen and oxygen atoms in total. The van der Waals surface area contributed by atoms with Crippen LogP contribution >= 0.6 is 12.4 Å². The zero-order valence-corrected chi connectivity index (χ0v) is 13.6. The molecular formula is C17H26ClNO2. The van der Waals surface area contributed by atoms with E-state index < -0.39 is 0 Å². The van der Waals surface area contributed by atoms with Gasteiger partial charge in [-0.2, -0.15) is 0 Å². The van der Waals surface area contributed by atoms with E-state index in [1.165, 1.54) is 6.42 Å². The SMILES string of the molecule is C#CCOc1ccccc1CNCCCOCCCC.Cl. The number of unbranched alkanes of at least 4 members (excludes halogenated alkanes) is 1. The van der Waals surface area contributed by atoms with Crippen molar-refractivity contribution in [1.29, 1.82) is 0 Å². The van der Waals surface area contributed by atoms with Gasteiger partial charge in [0.25, 0.3) is 0 Å². The summed E-state index contributed by atoms with van der Waals surface area (Å²) in [5, 5.41) is 3.40. The molecule has 0 aliphatic rings. The molecule has 0 aromatic heterocycles. The zero-order chi connectivity index (χ0) is 14.5. The lowest BCUT2D eigenvalue weighted by molar-refractivity contribution is 0.128. The van der Waals surface area contributed by atoms with Crippen LogP contribution in [0.25, 0.3) is 0 Å². The lowest BCUT2D eigenvalue weighted by Crippen LogP contribution is -2.17. The summed E-state index contributed by atoms with van der Waals surface area (Å²) in [6, 6.07) is 7.96. The van der Waals surface area contributed by atoms with E-state index in [0.29, 0.717) is 6.61 Å². The Balaban J connectivity index is 0.00000400. The van der Waals surface area contributed by atoms with Crippen LogP contribution in [0.5, 0.6) is 5.75 Å². The summed E-state index contributed by atoms with van der Waals surface area (Å²) in [7, 11) is 0. The molecule has 0 fully saturated rings. The third-order valence-corrected chi connectivity index (χ3v) is 2.88. The molecule has 0 unspecified atom stereocenters. The number of halogens is 1. The first-order valence-corrected chi connectivity index (χ1v) is 7.31. The van der Waals surface area contributed by atoms with E-state index in [2.05, 4.69) is 24.2 Å².